The molecule has 0 bridgehead atoms. The molecule has 0 aliphatic carbocycles. The number of nitrogens with zero attached hydrogens (tertiary/aromatic N) is 1. The minimum absolute atomic E-state index is 0.118. The summed E-state index contributed by atoms with van der Waals surface area (Å²) in [5.74, 6) is 0. The van der Waals surface area contributed by atoms with Crippen LogP contribution in [0.3, 0.4) is 0 Å². The molecular weight excluding hydrogens is 222 g/mol. The predicted molar refractivity (Wildman–Crippen MR) is 68.3 cm³/mol. The highest BCUT2D eigenvalue weighted by Gasteiger charge is 2.38. The molecule has 3 heteroatoms. The van der Waals surface area contributed by atoms with Gasteiger partial charge in [-0.15, -0.1) is 0 Å². The maximum atomic E-state index is 10.2. The monoisotopic (exact) mass is 239 g/mol. The lowest BCUT2D eigenvalue weighted by atomic mass is 9.95. The van der Waals surface area contributed by atoms with Crippen LogP contribution < -0.4 is 4.90 Å². The van der Waals surface area contributed by atoms with E-state index >= 15 is 0 Å². The molecule has 1 unspecified atom stereocenters. The summed E-state index contributed by atoms with van der Waals surface area (Å²) < 4.78 is 0. The van der Waals surface area contributed by atoms with Crippen molar-refractivity contribution in [3.05, 3.63) is 28.8 Å². The van der Waals surface area contributed by atoms with Crippen LogP contribution >= 0.6 is 11.6 Å². The third kappa shape index (κ3) is 1.80. The van der Waals surface area contributed by atoms with Crippen LogP contribution in [0, 0.1) is 0 Å². The van der Waals surface area contributed by atoms with Crippen LogP contribution in [0.25, 0.3) is 0 Å². The number of halogens is 1. The first-order valence-electron chi connectivity index (χ1n) is 5.71. The van der Waals surface area contributed by atoms with Gasteiger partial charge in [0.05, 0.1) is 11.6 Å². The number of hydrogen-bond acceptors (Lipinski definition) is 2. The van der Waals surface area contributed by atoms with Gasteiger partial charge in [0.1, 0.15) is 0 Å². The minimum Gasteiger partial charge on any atom is -0.388 e. The molecule has 0 saturated carbocycles. The van der Waals surface area contributed by atoms with E-state index < -0.39 is 5.60 Å². The molecule has 1 aromatic carbocycles. The highest BCUT2D eigenvalue weighted by Crippen LogP contribution is 2.39. The lowest BCUT2D eigenvalue weighted by molar-refractivity contribution is 0.0520. The van der Waals surface area contributed by atoms with E-state index in [-0.39, 0.29) is 6.04 Å². The molecule has 88 valence electrons. The number of rotatable bonds is 2. The molecule has 2 nitrogen and oxygen atoms in total. The molecule has 0 aromatic heterocycles. The van der Waals surface area contributed by atoms with E-state index in [4.69, 9.17) is 11.6 Å². The van der Waals surface area contributed by atoms with E-state index in [0.717, 1.165) is 23.6 Å². The van der Waals surface area contributed by atoms with Gasteiger partial charge in [-0.1, -0.05) is 17.7 Å². The van der Waals surface area contributed by atoms with Crippen LogP contribution in [0.2, 0.25) is 5.02 Å². The normalized spacial score (nSPS) is 20.1. The van der Waals surface area contributed by atoms with Gasteiger partial charge in [0, 0.05) is 17.3 Å². The molecule has 0 amide bonds. The standard InChI is InChI=1S/C13H18ClNO/c1-4-15-11-7-5-6-10(14)9(11)8-12(15)13(2,3)16/h5-7,12,16H,4,8H2,1-3H3. The average Bonchev–Trinajstić information content (AvgIpc) is 2.57. The third-order valence-electron chi connectivity index (χ3n) is 3.33. The molecule has 1 aliphatic rings. The number of likely N-dealkylation sites (N-methyl/N-ethyl adjacent to an activating group) is 1. The quantitative estimate of drug-likeness (QED) is 0.858. The predicted octanol–water partition coefficient (Wildman–Crippen LogP) is 2.86. The van der Waals surface area contributed by atoms with Gasteiger partial charge in [-0.3, -0.25) is 0 Å². The zero-order valence-electron chi connectivity index (χ0n) is 10.00. The molecule has 0 fully saturated rings. The average molecular weight is 240 g/mol. The van der Waals surface area contributed by atoms with Crippen molar-refractivity contribution < 1.29 is 5.11 Å². The Morgan fingerprint density at radius 3 is 2.75 bits per heavy atom. The van der Waals surface area contributed by atoms with Crippen molar-refractivity contribution in [2.45, 2.75) is 38.8 Å². The second kappa shape index (κ2) is 3.94. The first kappa shape index (κ1) is 11.7. The number of anilines is 1. The summed E-state index contributed by atoms with van der Waals surface area (Å²) in [7, 11) is 0. The second-order valence-electron chi connectivity index (χ2n) is 4.90. The Bertz CT molecular complexity index is 397. The smallest absolute Gasteiger partial charge is 0.0797 e. The minimum atomic E-state index is -0.710. The molecule has 0 spiro atoms. The van der Waals surface area contributed by atoms with E-state index in [1.807, 2.05) is 26.0 Å². The van der Waals surface area contributed by atoms with Crippen molar-refractivity contribution in [1.29, 1.82) is 0 Å². The van der Waals surface area contributed by atoms with E-state index in [2.05, 4.69) is 17.9 Å². The van der Waals surface area contributed by atoms with Gasteiger partial charge in [0.2, 0.25) is 0 Å². The maximum absolute atomic E-state index is 10.2. The Morgan fingerprint density at radius 2 is 2.19 bits per heavy atom. The zero-order chi connectivity index (χ0) is 11.9. The number of benzene rings is 1. The van der Waals surface area contributed by atoms with Gasteiger partial charge in [0.25, 0.3) is 0 Å². The topological polar surface area (TPSA) is 23.5 Å². The number of fused-ring (bicyclic) bond motifs is 1. The van der Waals surface area contributed by atoms with Crippen molar-refractivity contribution in [1.82, 2.24) is 0 Å². The van der Waals surface area contributed by atoms with E-state index in [1.165, 1.54) is 5.69 Å². The summed E-state index contributed by atoms with van der Waals surface area (Å²) in [5, 5.41) is 11.0. The second-order valence-corrected chi connectivity index (χ2v) is 5.30. The van der Waals surface area contributed by atoms with Crippen LogP contribution in [0.5, 0.6) is 0 Å². The summed E-state index contributed by atoms with van der Waals surface area (Å²) in [6, 6.07) is 6.08. The molecular formula is C13H18ClNO. The van der Waals surface area contributed by atoms with Crippen LogP contribution in [-0.2, 0) is 6.42 Å². The largest absolute Gasteiger partial charge is 0.388 e. The molecule has 16 heavy (non-hydrogen) atoms. The first-order chi connectivity index (χ1) is 7.45. The van der Waals surface area contributed by atoms with Crippen molar-refractivity contribution in [2.75, 3.05) is 11.4 Å². The van der Waals surface area contributed by atoms with E-state index in [0.29, 0.717) is 0 Å². The van der Waals surface area contributed by atoms with Gasteiger partial charge in [0.15, 0.2) is 0 Å². The Hall–Kier alpha value is -0.730. The molecule has 1 aliphatic heterocycles. The van der Waals surface area contributed by atoms with Gasteiger partial charge < -0.3 is 10.0 Å². The Kier molecular flexibility index (Phi) is 2.89. The van der Waals surface area contributed by atoms with Gasteiger partial charge >= 0.3 is 0 Å². The number of aliphatic hydroxyl groups is 1. The molecule has 0 radical (unpaired) electrons. The van der Waals surface area contributed by atoms with Crippen LogP contribution in [-0.4, -0.2) is 23.3 Å². The summed E-state index contributed by atoms with van der Waals surface area (Å²) in [6.45, 7) is 6.72. The molecule has 2 rings (SSSR count). The number of hydrogen-bond donors (Lipinski definition) is 1. The summed E-state index contributed by atoms with van der Waals surface area (Å²) in [5.41, 5.74) is 1.62. The SMILES string of the molecule is CCN1c2cccc(Cl)c2CC1C(C)(C)O. The van der Waals surface area contributed by atoms with Crippen LogP contribution in [0.4, 0.5) is 5.69 Å². The fourth-order valence-electron chi connectivity index (χ4n) is 2.51. The zero-order valence-corrected chi connectivity index (χ0v) is 10.8. The molecule has 1 N–H and O–H groups in total. The fraction of sp³-hybridized carbons (Fsp3) is 0.538. The van der Waals surface area contributed by atoms with Crippen molar-refractivity contribution in [3.8, 4) is 0 Å². The van der Waals surface area contributed by atoms with E-state index in [1.54, 1.807) is 0 Å². The maximum Gasteiger partial charge on any atom is 0.0797 e. The highest BCUT2D eigenvalue weighted by atomic mass is 35.5. The van der Waals surface area contributed by atoms with Crippen molar-refractivity contribution in [3.63, 3.8) is 0 Å². The molecule has 1 atom stereocenters. The lowest BCUT2D eigenvalue weighted by Gasteiger charge is -2.34. The van der Waals surface area contributed by atoms with Crippen LogP contribution in [0.1, 0.15) is 26.3 Å². The molecule has 0 saturated heterocycles. The Balaban J connectivity index is 2.44. The summed E-state index contributed by atoms with van der Waals surface area (Å²) in [4.78, 5) is 2.24. The first-order valence-corrected chi connectivity index (χ1v) is 6.09. The summed E-state index contributed by atoms with van der Waals surface area (Å²) in [6.07, 6.45) is 0.826. The Morgan fingerprint density at radius 1 is 1.50 bits per heavy atom. The molecule has 1 heterocycles. The van der Waals surface area contributed by atoms with Crippen molar-refractivity contribution in [2.24, 2.45) is 0 Å². The fourth-order valence-corrected chi connectivity index (χ4v) is 2.76. The van der Waals surface area contributed by atoms with Crippen molar-refractivity contribution >= 4 is 17.3 Å². The lowest BCUT2D eigenvalue weighted by Crippen LogP contribution is -2.47. The third-order valence-corrected chi connectivity index (χ3v) is 3.69. The molecule has 1 aromatic rings. The van der Waals surface area contributed by atoms with Gasteiger partial charge in [-0.2, -0.15) is 0 Å². The highest BCUT2D eigenvalue weighted by molar-refractivity contribution is 6.31. The Labute approximate surface area is 102 Å². The van der Waals surface area contributed by atoms with Crippen LogP contribution in [0.15, 0.2) is 18.2 Å². The van der Waals surface area contributed by atoms with Gasteiger partial charge in [-0.05, 0) is 44.9 Å². The summed E-state index contributed by atoms with van der Waals surface area (Å²) >= 11 is 6.20. The van der Waals surface area contributed by atoms with Gasteiger partial charge in [-0.25, -0.2) is 0 Å². The van der Waals surface area contributed by atoms with E-state index in [9.17, 15) is 5.11 Å².